The van der Waals surface area contributed by atoms with Gasteiger partial charge in [-0.15, -0.1) is 5.10 Å². The number of rotatable bonds is 5. The quantitative estimate of drug-likeness (QED) is 0.591. The minimum absolute atomic E-state index is 0.0513. The number of aromatic nitrogens is 3. The molecule has 0 saturated carbocycles. The van der Waals surface area contributed by atoms with E-state index in [1.54, 1.807) is 37.4 Å². The van der Waals surface area contributed by atoms with Crippen molar-refractivity contribution in [2.45, 2.75) is 20.0 Å². The van der Waals surface area contributed by atoms with Crippen molar-refractivity contribution in [1.29, 1.82) is 0 Å². The minimum atomic E-state index is -0.592. The van der Waals surface area contributed by atoms with Crippen molar-refractivity contribution in [3.8, 4) is 0 Å². The predicted octanol–water partition coefficient (Wildman–Crippen LogP) is 0.571. The molecule has 0 unspecified atom stereocenters. The zero-order valence-electron chi connectivity index (χ0n) is 12.4. The van der Waals surface area contributed by atoms with Gasteiger partial charge >= 0.3 is 5.97 Å². The normalized spacial score (nSPS) is 13.3. The molecule has 0 fully saturated rings. The number of hydrogen-bond acceptors (Lipinski definition) is 6. The molecule has 1 aliphatic heterocycles. The highest BCUT2D eigenvalue weighted by Gasteiger charge is 2.35. The molecule has 118 valence electrons. The molecular weight excluding hydrogens is 300 g/mol. The van der Waals surface area contributed by atoms with Crippen LogP contribution in [0.1, 0.15) is 23.0 Å². The first-order valence-corrected chi connectivity index (χ1v) is 7.10. The molecule has 23 heavy (non-hydrogen) atoms. The van der Waals surface area contributed by atoms with Crippen LogP contribution in [0, 0.1) is 0 Å². The summed E-state index contributed by atoms with van der Waals surface area (Å²) in [5.74, 6) is -1.53. The first-order chi connectivity index (χ1) is 11.1. The van der Waals surface area contributed by atoms with Gasteiger partial charge in [0.05, 0.1) is 30.6 Å². The van der Waals surface area contributed by atoms with Gasteiger partial charge in [0.1, 0.15) is 12.2 Å². The molecule has 0 bridgehead atoms. The molecule has 3 rings (SSSR count). The summed E-state index contributed by atoms with van der Waals surface area (Å²) in [5, 5.41) is 7.75. The number of ketones is 1. The van der Waals surface area contributed by atoms with Crippen LogP contribution in [0.4, 0.5) is 5.69 Å². The Morgan fingerprint density at radius 1 is 1.26 bits per heavy atom. The number of carbonyl (C=O) groups excluding carboxylic acids is 3. The van der Waals surface area contributed by atoms with Crippen LogP contribution in [0.25, 0.3) is 0 Å². The Kier molecular flexibility index (Phi) is 3.88. The van der Waals surface area contributed by atoms with E-state index in [-0.39, 0.29) is 13.1 Å². The largest absolute Gasteiger partial charge is 0.465 e. The van der Waals surface area contributed by atoms with E-state index in [1.165, 1.54) is 9.58 Å². The van der Waals surface area contributed by atoms with Crippen LogP contribution in [-0.2, 0) is 27.4 Å². The van der Waals surface area contributed by atoms with Gasteiger partial charge in [-0.2, -0.15) is 0 Å². The van der Waals surface area contributed by atoms with Crippen molar-refractivity contribution in [2.24, 2.45) is 0 Å². The van der Waals surface area contributed by atoms with Gasteiger partial charge in [-0.1, -0.05) is 17.3 Å². The highest BCUT2D eigenvalue weighted by atomic mass is 16.5. The van der Waals surface area contributed by atoms with E-state index in [2.05, 4.69) is 10.3 Å². The van der Waals surface area contributed by atoms with Gasteiger partial charge in [0.15, 0.2) is 0 Å². The van der Waals surface area contributed by atoms with Crippen LogP contribution < -0.4 is 4.90 Å². The summed E-state index contributed by atoms with van der Waals surface area (Å²) in [4.78, 5) is 36.8. The average Bonchev–Trinajstić information content (AvgIpc) is 3.07. The van der Waals surface area contributed by atoms with Crippen LogP contribution in [0.3, 0.4) is 0 Å². The third-order valence-corrected chi connectivity index (χ3v) is 3.38. The second kappa shape index (κ2) is 5.99. The number of para-hydroxylation sites is 1. The number of fused-ring (bicyclic) bond motifs is 1. The lowest BCUT2D eigenvalue weighted by Gasteiger charge is -2.14. The van der Waals surface area contributed by atoms with Crippen molar-refractivity contribution >= 4 is 23.3 Å². The number of carbonyl (C=O) groups is 3. The van der Waals surface area contributed by atoms with Gasteiger partial charge in [0.25, 0.3) is 11.7 Å². The summed E-state index contributed by atoms with van der Waals surface area (Å²) in [6.07, 6.45) is 1.55. The second-order valence-corrected chi connectivity index (χ2v) is 4.95. The Balaban J connectivity index is 1.75. The number of Topliss-reactive ketones (excluding diaryl/α,β-unsaturated/α-hetero) is 1. The Labute approximate surface area is 131 Å². The van der Waals surface area contributed by atoms with Crippen molar-refractivity contribution in [3.63, 3.8) is 0 Å². The molecule has 0 radical (unpaired) electrons. The maximum atomic E-state index is 12.1. The third kappa shape index (κ3) is 2.83. The highest BCUT2D eigenvalue weighted by Crippen LogP contribution is 2.29. The molecule has 0 spiro atoms. The number of anilines is 1. The molecule has 8 heteroatoms. The predicted molar refractivity (Wildman–Crippen MR) is 78.6 cm³/mol. The van der Waals surface area contributed by atoms with E-state index in [4.69, 9.17) is 4.74 Å². The summed E-state index contributed by atoms with van der Waals surface area (Å²) in [6, 6.07) is 6.80. The fourth-order valence-electron chi connectivity index (χ4n) is 2.39. The Morgan fingerprint density at radius 2 is 2.04 bits per heavy atom. The van der Waals surface area contributed by atoms with Crippen molar-refractivity contribution in [3.05, 3.63) is 41.7 Å². The smallest absolute Gasteiger partial charge is 0.327 e. The van der Waals surface area contributed by atoms with Gasteiger partial charge in [-0.05, 0) is 19.1 Å². The molecule has 0 N–H and O–H groups in total. The molecule has 0 atom stereocenters. The average molecular weight is 314 g/mol. The molecule has 1 aromatic carbocycles. The Morgan fingerprint density at radius 3 is 2.83 bits per heavy atom. The van der Waals surface area contributed by atoms with Crippen molar-refractivity contribution < 1.29 is 19.1 Å². The first-order valence-electron chi connectivity index (χ1n) is 7.10. The number of nitrogens with zero attached hydrogens (tertiary/aromatic N) is 4. The van der Waals surface area contributed by atoms with Crippen LogP contribution in [0.2, 0.25) is 0 Å². The van der Waals surface area contributed by atoms with E-state index in [1.807, 2.05) is 0 Å². The van der Waals surface area contributed by atoms with Gasteiger partial charge in [0.2, 0.25) is 0 Å². The van der Waals surface area contributed by atoms with E-state index in [0.717, 1.165) is 0 Å². The number of amides is 1. The lowest BCUT2D eigenvalue weighted by atomic mass is 10.1. The highest BCUT2D eigenvalue weighted by molar-refractivity contribution is 6.52. The van der Waals surface area contributed by atoms with Crippen LogP contribution in [0.15, 0.2) is 30.5 Å². The fraction of sp³-hybridized carbons (Fsp3) is 0.267. The summed E-state index contributed by atoms with van der Waals surface area (Å²) in [6.45, 7) is 2.08. The van der Waals surface area contributed by atoms with E-state index in [0.29, 0.717) is 23.6 Å². The SMILES string of the molecule is CCOC(=O)Cn1cc(CN2C(=O)C(=O)c3ccccc32)nn1. The molecule has 2 aromatic rings. The molecule has 2 heterocycles. The third-order valence-electron chi connectivity index (χ3n) is 3.38. The molecule has 1 amide bonds. The summed E-state index contributed by atoms with van der Waals surface area (Å²) in [7, 11) is 0. The van der Waals surface area contributed by atoms with Gasteiger partial charge in [-0.3, -0.25) is 19.3 Å². The van der Waals surface area contributed by atoms with Crippen molar-refractivity contribution in [2.75, 3.05) is 11.5 Å². The monoisotopic (exact) mass is 314 g/mol. The van der Waals surface area contributed by atoms with E-state index >= 15 is 0 Å². The van der Waals surface area contributed by atoms with Crippen LogP contribution in [0.5, 0.6) is 0 Å². The molecule has 0 saturated heterocycles. The van der Waals surface area contributed by atoms with E-state index < -0.39 is 17.7 Å². The lowest BCUT2D eigenvalue weighted by molar-refractivity contribution is -0.144. The van der Waals surface area contributed by atoms with Gasteiger partial charge < -0.3 is 4.74 Å². The van der Waals surface area contributed by atoms with E-state index in [9.17, 15) is 14.4 Å². The zero-order chi connectivity index (χ0) is 16.4. The molecule has 0 aliphatic carbocycles. The first kappa shape index (κ1) is 14.9. The van der Waals surface area contributed by atoms with Crippen molar-refractivity contribution in [1.82, 2.24) is 15.0 Å². The molecule has 1 aliphatic rings. The number of benzene rings is 1. The molecule has 8 nitrogen and oxygen atoms in total. The topological polar surface area (TPSA) is 94.4 Å². The minimum Gasteiger partial charge on any atom is -0.465 e. The summed E-state index contributed by atoms with van der Waals surface area (Å²) < 4.78 is 6.16. The lowest BCUT2D eigenvalue weighted by Crippen LogP contribution is -2.29. The molecular formula is C15H14N4O4. The Hall–Kier alpha value is -3.03. The fourth-order valence-corrected chi connectivity index (χ4v) is 2.39. The molecule has 1 aromatic heterocycles. The van der Waals surface area contributed by atoms with Crippen LogP contribution in [-0.4, -0.2) is 39.3 Å². The zero-order valence-corrected chi connectivity index (χ0v) is 12.4. The number of esters is 1. The van der Waals surface area contributed by atoms with Gasteiger partial charge in [0, 0.05) is 0 Å². The second-order valence-electron chi connectivity index (χ2n) is 4.95. The standard InChI is InChI=1S/C15H14N4O4/c1-2-23-13(20)9-18-7-10(16-17-18)8-19-12-6-4-3-5-11(12)14(21)15(19)22/h3-7H,2,8-9H2,1H3. The number of hydrogen-bond donors (Lipinski definition) is 0. The maximum Gasteiger partial charge on any atom is 0.327 e. The van der Waals surface area contributed by atoms with Gasteiger partial charge in [-0.25, -0.2) is 4.68 Å². The number of ether oxygens (including phenoxy) is 1. The maximum absolute atomic E-state index is 12.1. The van der Waals surface area contributed by atoms with Crippen LogP contribution >= 0.6 is 0 Å². The summed E-state index contributed by atoms with van der Waals surface area (Å²) in [5.41, 5.74) is 1.42. The Bertz CT molecular complexity index is 783. The summed E-state index contributed by atoms with van der Waals surface area (Å²) >= 11 is 0.